The summed E-state index contributed by atoms with van der Waals surface area (Å²) in [5, 5.41) is 2.89. The zero-order chi connectivity index (χ0) is 22.7. The largest absolute Gasteiger partial charge is 0.496 e. The van der Waals surface area contributed by atoms with Crippen LogP contribution in [0.1, 0.15) is 53.1 Å². The molecule has 1 atom stereocenters. The van der Waals surface area contributed by atoms with Gasteiger partial charge in [-0.1, -0.05) is 6.07 Å². The Kier molecular flexibility index (Phi) is 6.53. The van der Waals surface area contributed by atoms with E-state index >= 15 is 0 Å². The van der Waals surface area contributed by atoms with Crippen molar-refractivity contribution in [3.05, 3.63) is 53.1 Å². The molecule has 0 aromatic heterocycles. The summed E-state index contributed by atoms with van der Waals surface area (Å²) < 4.78 is 15.9. The fourth-order valence-corrected chi connectivity index (χ4v) is 4.74. The topological polar surface area (TPSA) is 77.1 Å². The summed E-state index contributed by atoms with van der Waals surface area (Å²) in [6.45, 7) is 0.854. The summed E-state index contributed by atoms with van der Waals surface area (Å²) in [7, 11) is 5.04. The number of amides is 1. The quantitative estimate of drug-likeness (QED) is 0.656. The van der Waals surface area contributed by atoms with Crippen LogP contribution in [0.4, 0.5) is 16.2 Å². The number of methoxy groups -OCH3 is 2. The number of hydrogen-bond acceptors (Lipinski definition) is 6. The number of ether oxygens (including phenoxy) is 3. The Hall–Kier alpha value is -3.22. The molecule has 1 aliphatic heterocycles. The molecule has 7 nitrogen and oxygen atoms in total. The van der Waals surface area contributed by atoms with Gasteiger partial charge in [0.2, 0.25) is 0 Å². The van der Waals surface area contributed by atoms with E-state index in [1.165, 1.54) is 12.7 Å². The Morgan fingerprint density at radius 1 is 1.09 bits per heavy atom. The first-order valence-electron chi connectivity index (χ1n) is 11.1. The van der Waals surface area contributed by atoms with Gasteiger partial charge in [0.1, 0.15) is 11.9 Å². The van der Waals surface area contributed by atoms with Crippen molar-refractivity contribution in [2.24, 2.45) is 0 Å². The maximum absolute atomic E-state index is 12.3. The van der Waals surface area contributed by atoms with Crippen molar-refractivity contribution < 1.29 is 23.8 Å². The Balaban J connectivity index is 1.51. The average Bonchev–Trinajstić information content (AvgIpc) is 3.41. The first kappa shape index (κ1) is 22.0. The maximum Gasteiger partial charge on any atom is 0.411 e. The fraction of sp³-hybridized carbons (Fsp3) is 0.440. The monoisotopic (exact) mass is 438 g/mol. The van der Waals surface area contributed by atoms with Gasteiger partial charge in [0.25, 0.3) is 0 Å². The first-order chi connectivity index (χ1) is 15.5. The van der Waals surface area contributed by atoms with E-state index in [4.69, 9.17) is 14.2 Å². The van der Waals surface area contributed by atoms with E-state index in [0.29, 0.717) is 11.3 Å². The highest BCUT2D eigenvalue weighted by molar-refractivity contribution is 5.90. The van der Waals surface area contributed by atoms with Crippen LogP contribution in [0.3, 0.4) is 0 Å². The van der Waals surface area contributed by atoms with Gasteiger partial charge in [-0.15, -0.1) is 0 Å². The number of hydrogen-bond donors (Lipinski definition) is 1. The number of nitrogens with zero attached hydrogens (tertiary/aromatic N) is 1. The van der Waals surface area contributed by atoms with E-state index in [1.807, 2.05) is 24.3 Å². The minimum absolute atomic E-state index is 0.0312. The molecule has 1 heterocycles. The molecule has 1 unspecified atom stereocenters. The average molecular weight is 439 g/mol. The molecule has 1 amide bonds. The maximum atomic E-state index is 12.3. The number of carbonyl (C=O) groups excluding carboxylic acids is 2. The van der Waals surface area contributed by atoms with Gasteiger partial charge >= 0.3 is 12.1 Å². The smallest absolute Gasteiger partial charge is 0.411 e. The van der Waals surface area contributed by atoms with Crippen molar-refractivity contribution in [1.29, 1.82) is 0 Å². The predicted octanol–water partition coefficient (Wildman–Crippen LogP) is 4.75. The number of rotatable bonds is 6. The number of nitrogens with one attached hydrogen (secondary N) is 1. The van der Waals surface area contributed by atoms with Crippen molar-refractivity contribution in [2.45, 2.75) is 44.1 Å². The second kappa shape index (κ2) is 9.51. The van der Waals surface area contributed by atoms with Gasteiger partial charge in [-0.2, -0.15) is 0 Å². The summed E-state index contributed by atoms with van der Waals surface area (Å²) in [5.74, 6) is 0.500. The van der Waals surface area contributed by atoms with Crippen molar-refractivity contribution in [1.82, 2.24) is 0 Å². The molecular weight excluding hydrogens is 408 g/mol. The highest BCUT2D eigenvalue weighted by atomic mass is 16.6. The molecule has 0 saturated heterocycles. The lowest BCUT2D eigenvalue weighted by molar-refractivity contribution is 0.0600. The van der Waals surface area contributed by atoms with Crippen LogP contribution in [0.25, 0.3) is 0 Å². The van der Waals surface area contributed by atoms with Gasteiger partial charge in [0.05, 0.1) is 19.8 Å². The molecule has 1 N–H and O–H groups in total. The summed E-state index contributed by atoms with van der Waals surface area (Å²) in [6.07, 6.45) is 4.52. The molecule has 1 saturated carbocycles. The van der Waals surface area contributed by atoms with E-state index in [-0.39, 0.29) is 24.1 Å². The molecule has 2 aromatic carbocycles. The van der Waals surface area contributed by atoms with Crippen LogP contribution >= 0.6 is 0 Å². The Morgan fingerprint density at radius 3 is 2.59 bits per heavy atom. The molecule has 4 rings (SSSR count). The van der Waals surface area contributed by atoms with Crippen LogP contribution in [0, 0.1) is 0 Å². The van der Waals surface area contributed by atoms with Crippen LogP contribution < -0.4 is 15.0 Å². The normalized spacial score (nSPS) is 17.7. The standard InChI is InChI=1S/C25H30N2O5/c1-27-15-18(12-16-8-9-17(24(28)31-3)13-23(16)30-2)21-14-19(10-11-22(21)27)26-25(29)32-20-6-4-5-7-20/h8-11,13-14,18,20H,4-7,12,15H2,1-3H3,(H,26,29). The Labute approximate surface area is 188 Å². The van der Waals surface area contributed by atoms with E-state index in [2.05, 4.69) is 17.3 Å². The molecule has 2 aromatic rings. The third-order valence-electron chi connectivity index (χ3n) is 6.37. The molecule has 32 heavy (non-hydrogen) atoms. The molecular formula is C25H30N2O5. The van der Waals surface area contributed by atoms with Gasteiger partial charge in [0.15, 0.2) is 0 Å². The van der Waals surface area contributed by atoms with Crippen LogP contribution in [0.15, 0.2) is 36.4 Å². The lowest BCUT2D eigenvalue weighted by Crippen LogP contribution is -2.20. The van der Waals surface area contributed by atoms with Crippen molar-refractivity contribution in [2.75, 3.05) is 38.0 Å². The summed E-state index contributed by atoms with van der Waals surface area (Å²) in [6, 6.07) is 11.4. The SMILES string of the molecule is COC(=O)c1ccc(CC2CN(C)c3ccc(NC(=O)OC4CCCC4)cc32)c(OC)c1. The minimum atomic E-state index is -0.389. The lowest BCUT2D eigenvalue weighted by atomic mass is 9.92. The van der Waals surface area contributed by atoms with E-state index in [9.17, 15) is 9.59 Å². The van der Waals surface area contributed by atoms with E-state index < -0.39 is 0 Å². The van der Waals surface area contributed by atoms with E-state index in [0.717, 1.165) is 55.6 Å². The van der Waals surface area contributed by atoms with Gasteiger partial charge < -0.3 is 19.1 Å². The molecule has 0 bridgehead atoms. The molecule has 170 valence electrons. The van der Waals surface area contributed by atoms with Gasteiger partial charge in [-0.25, -0.2) is 9.59 Å². The number of fused-ring (bicyclic) bond motifs is 1. The third-order valence-corrected chi connectivity index (χ3v) is 6.37. The van der Waals surface area contributed by atoms with Crippen LogP contribution in [0.5, 0.6) is 5.75 Å². The summed E-state index contributed by atoms with van der Waals surface area (Å²) in [4.78, 5) is 26.4. The van der Waals surface area contributed by atoms with Crippen molar-refractivity contribution in [3.8, 4) is 5.75 Å². The third kappa shape index (κ3) is 4.66. The minimum Gasteiger partial charge on any atom is -0.496 e. The van der Waals surface area contributed by atoms with Crippen LogP contribution in [-0.4, -0.2) is 46.0 Å². The fourth-order valence-electron chi connectivity index (χ4n) is 4.74. The highest BCUT2D eigenvalue weighted by Crippen LogP contribution is 2.40. The number of anilines is 2. The molecule has 0 radical (unpaired) electrons. The van der Waals surface area contributed by atoms with Gasteiger partial charge in [-0.05, 0) is 73.6 Å². The number of likely N-dealkylation sites (N-methyl/N-ethyl adjacent to an activating group) is 1. The Bertz CT molecular complexity index is 1000. The first-order valence-corrected chi connectivity index (χ1v) is 11.1. The van der Waals surface area contributed by atoms with Crippen LogP contribution in [-0.2, 0) is 15.9 Å². The molecule has 2 aliphatic rings. The second-order valence-corrected chi connectivity index (χ2v) is 8.51. The van der Waals surface area contributed by atoms with Crippen molar-refractivity contribution >= 4 is 23.4 Å². The number of carbonyl (C=O) groups is 2. The molecule has 7 heteroatoms. The number of benzene rings is 2. The molecule has 1 aliphatic carbocycles. The number of esters is 1. The summed E-state index contributed by atoms with van der Waals surface area (Å²) >= 11 is 0. The second-order valence-electron chi connectivity index (χ2n) is 8.51. The van der Waals surface area contributed by atoms with E-state index in [1.54, 1.807) is 19.2 Å². The van der Waals surface area contributed by atoms with Gasteiger partial charge in [0, 0.05) is 30.9 Å². The molecule has 0 spiro atoms. The highest BCUT2D eigenvalue weighted by Gasteiger charge is 2.28. The van der Waals surface area contributed by atoms with Crippen molar-refractivity contribution in [3.63, 3.8) is 0 Å². The van der Waals surface area contributed by atoms with Gasteiger partial charge in [-0.3, -0.25) is 5.32 Å². The zero-order valence-corrected chi connectivity index (χ0v) is 18.8. The van der Waals surface area contributed by atoms with Crippen LogP contribution in [0.2, 0.25) is 0 Å². The zero-order valence-electron chi connectivity index (χ0n) is 18.8. The lowest BCUT2D eigenvalue weighted by Gasteiger charge is -2.16. The molecule has 1 fully saturated rings. The predicted molar refractivity (Wildman–Crippen MR) is 123 cm³/mol. The Morgan fingerprint density at radius 2 is 1.88 bits per heavy atom. The summed E-state index contributed by atoms with van der Waals surface area (Å²) in [5.41, 5.74) is 4.54.